The third-order valence-corrected chi connectivity index (χ3v) is 7.20. The van der Waals surface area contributed by atoms with Crippen LogP contribution in [-0.2, 0) is 9.53 Å². The molecule has 5 heteroatoms. The maximum Gasteiger partial charge on any atom is 0.306 e. The highest BCUT2D eigenvalue weighted by Gasteiger charge is 2.34. The Hall–Kier alpha value is -2.56. The Kier molecular flexibility index (Phi) is 7.33. The van der Waals surface area contributed by atoms with Gasteiger partial charge < -0.3 is 14.8 Å². The van der Waals surface area contributed by atoms with Gasteiger partial charge >= 0.3 is 5.97 Å². The first kappa shape index (κ1) is 22.6. The molecule has 4 nitrogen and oxygen atoms in total. The lowest BCUT2D eigenvalue weighted by molar-refractivity contribution is -0.141. The predicted molar refractivity (Wildman–Crippen MR) is 125 cm³/mol. The zero-order chi connectivity index (χ0) is 22.5. The minimum Gasteiger partial charge on any atom is -0.497 e. The van der Waals surface area contributed by atoms with Crippen LogP contribution in [0.4, 0.5) is 10.1 Å². The minimum atomic E-state index is -0.135. The van der Waals surface area contributed by atoms with Crippen LogP contribution in [0.15, 0.2) is 42.5 Å². The summed E-state index contributed by atoms with van der Waals surface area (Å²) in [4.78, 5) is 11.9. The molecular weight excluding hydrogens is 405 g/mol. The van der Waals surface area contributed by atoms with E-state index in [2.05, 4.69) is 29.6 Å². The normalized spacial score (nSPS) is 21.6. The summed E-state index contributed by atoms with van der Waals surface area (Å²) in [6.07, 6.45) is 7.00. The average Bonchev–Trinajstić information content (AvgIpc) is 3.67. The third-order valence-electron chi connectivity index (χ3n) is 7.20. The Labute approximate surface area is 190 Å². The van der Waals surface area contributed by atoms with Gasteiger partial charge in [-0.05, 0) is 104 Å². The first-order chi connectivity index (χ1) is 15.6. The molecule has 1 atom stereocenters. The average molecular weight is 440 g/mol. The van der Waals surface area contributed by atoms with Crippen LogP contribution in [0.1, 0.15) is 67.9 Å². The quantitative estimate of drug-likeness (QED) is 0.467. The number of rotatable bonds is 9. The van der Waals surface area contributed by atoms with Crippen molar-refractivity contribution in [1.29, 1.82) is 0 Å². The smallest absolute Gasteiger partial charge is 0.306 e. The molecule has 1 N–H and O–H groups in total. The predicted octanol–water partition coefficient (Wildman–Crippen LogP) is 6.28. The van der Waals surface area contributed by atoms with Gasteiger partial charge in [-0.15, -0.1) is 0 Å². The van der Waals surface area contributed by atoms with E-state index in [0.717, 1.165) is 49.2 Å². The van der Waals surface area contributed by atoms with E-state index in [0.29, 0.717) is 18.3 Å². The first-order valence-corrected chi connectivity index (χ1v) is 11.8. The first-order valence-electron chi connectivity index (χ1n) is 11.8. The second-order valence-corrected chi connectivity index (χ2v) is 9.34. The van der Waals surface area contributed by atoms with Crippen LogP contribution in [0.5, 0.6) is 5.75 Å². The number of benzene rings is 2. The van der Waals surface area contributed by atoms with Gasteiger partial charge in [0.15, 0.2) is 0 Å². The van der Waals surface area contributed by atoms with Gasteiger partial charge in [-0.1, -0.05) is 12.1 Å². The zero-order valence-electron chi connectivity index (χ0n) is 19.1. The molecule has 0 amide bonds. The minimum absolute atomic E-state index is 0.124. The number of ether oxygens (including phenoxy) is 2. The van der Waals surface area contributed by atoms with Crippen molar-refractivity contribution < 1.29 is 18.7 Å². The number of esters is 1. The Morgan fingerprint density at radius 2 is 1.84 bits per heavy atom. The molecule has 0 aliphatic heterocycles. The number of carbonyl (C=O) groups is 1. The molecule has 0 radical (unpaired) electrons. The monoisotopic (exact) mass is 439 g/mol. The highest BCUT2D eigenvalue weighted by atomic mass is 19.1. The highest BCUT2D eigenvalue weighted by molar-refractivity contribution is 5.70. The molecule has 172 valence electrons. The second-order valence-electron chi connectivity index (χ2n) is 9.34. The molecule has 2 aliphatic rings. The van der Waals surface area contributed by atoms with E-state index >= 15 is 0 Å². The van der Waals surface area contributed by atoms with Crippen molar-refractivity contribution in [2.45, 2.75) is 56.8 Å². The molecule has 0 heterocycles. The van der Waals surface area contributed by atoms with Crippen molar-refractivity contribution in [3.8, 4) is 5.75 Å². The SMILES string of the molecule is COC(=O)CC(c1cccc(NC[C@H]2CC[C@H](c3cc(OC)ccc3F)CC2)c1)C1CC1. The van der Waals surface area contributed by atoms with Gasteiger partial charge in [0.2, 0.25) is 0 Å². The van der Waals surface area contributed by atoms with Crippen LogP contribution in [0.25, 0.3) is 0 Å². The maximum absolute atomic E-state index is 14.3. The summed E-state index contributed by atoms with van der Waals surface area (Å²) in [5.74, 6) is 2.15. The zero-order valence-corrected chi connectivity index (χ0v) is 19.1. The molecule has 32 heavy (non-hydrogen) atoms. The molecule has 0 saturated heterocycles. The van der Waals surface area contributed by atoms with Crippen molar-refractivity contribution >= 4 is 11.7 Å². The van der Waals surface area contributed by atoms with Gasteiger partial charge in [-0.2, -0.15) is 0 Å². The van der Waals surface area contributed by atoms with Crippen molar-refractivity contribution in [2.24, 2.45) is 11.8 Å². The highest BCUT2D eigenvalue weighted by Crippen LogP contribution is 2.45. The Morgan fingerprint density at radius 1 is 1.06 bits per heavy atom. The van der Waals surface area contributed by atoms with E-state index in [1.165, 1.54) is 31.6 Å². The standard InChI is InChI=1S/C27H34FNO3/c1-31-23-12-13-26(28)25(15-23)20-8-6-18(7-9-20)17-29-22-5-3-4-21(14-22)24(19-10-11-19)16-27(30)32-2/h3-5,12-15,18-20,24,29H,6-11,16-17H2,1-2H3/t18-,20-,24?. The van der Waals surface area contributed by atoms with E-state index in [-0.39, 0.29) is 23.6 Å². The third kappa shape index (κ3) is 5.62. The molecule has 4 rings (SSSR count). The van der Waals surface area contributed by atoms with E-state index in [1.54, 1.807) is 13.2 Å². The summed E-state index contributed by atoms with van der Waals surface area (Å²) in [5, 5.41) is 3.61. The Balaban J connectivity index is 1.31. The van der Waals surface area contributed by atoms with Crippen LogP contribution in [0, 0.1) is 17.7 Å². The largest absolute Gasteiger partial charge is 0.497 e. The van der Waals surface area contributed by atoms with Gasteiger partial charge in [-0.25, -0.2) is 4.39 Å². The Morgan fingerprint density at radius 3 is 2.53 bits per heavy atom. The fraction of sp³-hybridized carbons (Fsp3) is 0.519. The maximum atomic E-state index is 14.3. The summed E-state index contributed by atoms with van der Waals surface area (Å²) in [7, 11) is 3.08. The van der Waals surface area contributed by atoms with E-state index < -0.39 is 0 Å². The molecule has 1 unspecified atom stereocenters. The van der Waals surface area contributed by atoms with Crippen LogP contribution in [0.2, 0.25) is 0 Å². The fourth-order valence-corrected chi connectivity index (χ4v) is 5.10. The second kappa shape index (κ2) is 10.4. The van der Waals surface area contributed by atoms with E-state index in [1.807, 2.05) is 6.07 Å². The van der Waals surface area contributed by atoms with Crippen LogP contribution in [0.3, 0.4) is 0 Å². The van der Waals surface area contributed by atoms with Gasteiger partial charge in [0.25, 0.3) is 0 Å². The van der Waals surface area contributed by atoms with Gasteiger partial charge in [-0.3, -0.25) is 4.79 Å². The van der Waals surface area contributed by atoms with Gasteiger partial charge in [0, 0.05) is 12.2 Å². The van der Waals surface area contributed by atoms with Gasteiger partial charge in [0.05, 0.1) is 20.6 Å². The molecular formula is C27H34FNO3. The van der Waals surface area contributed by atoms with Crippen molar-refractivity contribution in [2.75, 3.05) is 26.1 Å². The molecule has 2 aromatic rings. The molecule has 0 bridgehead atoms. The molecule has 0 aromatic heterocycles. The summed E-state index contributed by atoms with van der Waals surface area (Å²) in [5.41, 5.74) is 3.12. The van der Waals surface area contributed by atoms with Crippen LogP contribution >= 0.6 is 0 Å². The van der Waals surface area contributed by atoms with Crippen molar-refractivity contribution in [1.82, 2.24) is 0 Å². The summed E-state index contributed by atoms with van der Waals surface area (Å²) < 4.78 is 24.5. The number of methoxy groups -OCH3 is 2. The number of nitrogens with one attached hydrogen (secondary N) is 1. The Bertz CT molecular complexity index is 919. The lowest BCUT2D eigenvalue weighted by Gasteiger charge is -2.29. The molecule has 2 saturated carbocycles. The van der Waals surface area contributed by atoms with Crippen LogP contribution < -0.4 is 10.1 Å². The van der Waals surface area contributed by atoms with Crippen LogP contribution in [-0.4, -0.2) is 26.7 Å². The van der Waals surface area contributed by atoms with Crippen molar-refractivity contribution in [3.63, 3.8) is 0 Å². The number of hydrogen-bond acceptors (Lipinski definition) is 4. The topological polar surface area (TPSA) is 47.6 Å². The number of anilines is 1. The lowest BCUT2D eigenvalue weighted by atomic mass is 9.78. The summed E-state index contributed by atoms with van der Waals surface area (Å²) >= 11 is 0. The van der Waals surface area contributed by atoms with E-state index in [4.69, 9.17) is 9.47 Å². The molecule has 0 spiro atoms. The molecule has 2 aromatic carbocycles. The fourth-order valence-electron chi connectivity index (χ4n) is 5.10. The molecule has 2 aliphatic carbocycles. The number of hydrogen-bond donors (Lipinski definition) is 1. The van der Waals surface area contributed by atoms with Gasteiger partial charge in [0.1, 0.15) is 11.6 Å². The lowest BCUT2D eigenvalue weighted by Crippen LogP contribution is -2.21. The van der Waals surface area contributed by atoms with E-state index in [9.17, 15) is 9.18 Å². The summed E-state index contributed by atoms with van der Waals surface area (Å²) in [6.45, 7) is 0.919. The van der Waals surface area contributed by atoms with Crippen molar-refractivity contribution in [3.05, 3.63) is 59.4 Å². The number of carbonyl (C=O) groups excluding carboxylic acids is 1. The number of halogens is 1. The molecule has 2 fully saturated rings. The summed E-state index contributed by atoms with van der Waals surface area (Å²) in [6, 6.07) is 13.6.